The van der Waals surface area contributed by atoms with Crippen LogP contribution >= 0.6 is 11.3 Å². The van der Waals surface area contributed by atoms with Crippen molar-refractivity contribution in [2.45, 2.75) is 33.4 Å². The predicted molar refractivity (Wildman–Crippen MR) is 68.4 cm³/mol. The van der Waals surface area contributed by atoms with Crippen LogP contribution in [0.1, 0.15) is 35.7 Å². The van der Waals surface area contributed by atoms with Crippen LogP contribution in [0.2, 0.25) is 0 Å². The first kappa shape index (κ1) is 12.1. The Morgan fingerprint density at radius 1 is 1.53 bits per heavy atom. The molecular formula is C12H16N2O2S. The highest BCUT2D eigenvalue weighted by molar-refractivity contribution is 7.07. The number of thiazole rings is 1. The van der Waals surface area contributed by atoms with Crippen LogP contribution in [-0.2, 0) is 6.54 Å². The van der Waals surface area contributed by atoms with Crippen molar-refractivity contribution < 1.29 is 4.42 Å². The normalized spacial score (nSPS) is 12.9. The molecule has 0 bridgehead atoms. The van der Waals surface area contributed by atoms with Crippen LogP contribution in [0.4, 0.5) is 0 Å². The second-order valence-corrected chi connectivity index (χ2v) is 4.99. The molecule has 0 fully saturated rings. The SMILES string of the molecule is Cc1cc(C(C)NCc2csc(=O)[nH]2)c(C)o1. The number of aromatic nitrogens is 1. The second kappa shape index (κ2) is 4.89. The average molecular weight is 252 g/mol. The Bertz CT molecular complexity index is 553. The quantitative estimate of drug-likeness (QED) is 0.879. The predicted octanol–water partition coefficient (Wildman–Crippen LogP) is 2.50. The summed E-state index contributed by atoms with van der Waals surface area (Å²) < 4.78 is 5.50. The molecule has 1 unspecified atom stereocenters. The summed E-state index contributed by atoms with van der Waals surface area (Å²) in [5, 5.41) is 5.20. The van der Waals surface area contributed by atoms with Crippen molar-refractivity contribution in [1.82, 2.24) is 10.3 Å². The minimum atomic E-state index is -0.00945. The van der Waals surface area contributed by atoms with E-state index in [1.54, 1.807) is 0 Å². The smallest absolute Gasteiger partial charge is 0.304 e. The summed E-state index contributed by atoms with van der Waals surface area (Å²) in [5.74, 6) is 1.87. The molecule has 0 aliphatic rings. The molecule has 92 valence electrons. The Morgan fingerprint density at radius 3 is 2.82 bits per heavy atom. The third-order valence-corrected chi connectivity index (χ3v) is 3.43. The summed E-state index contributed by atoms with van der Waals surface area (Å²) in [6, 6.07) is 2.25. The number of H-pyrrole nitrogens is 1. The Hall–Kier alpha value is -1.33. The van der Waals surface area contributed by atoms with E-state index in [2.05, 4.69) is 17.2 Å². The van der Waals surface area contributed by atoms with E-state index < -0.39 is 0 Å². The number of nitrogens with one attached hydrogen (secondary N) is 2. The van der Waals surface area contributed by atoms with Gasteiger partial charge in [-0.3, -0.25) is 4.79 Å². The van der Waals surface area contributed by atoms with E-state index >= 15 is 0 Å². The number of furan rings is 1. The van der Waals surface area contributed by atoms with Gasteiger partial charge in [-0.1, -0.05) is 11.3 Å². The molecule has 0 saturated carbocycles. The van der Waals surface area contributed by atoms with E-state index in [0.29, 0.717) is 6.54 Å². The van der Waals surface area contributed by atoms with Crippen LogP contribution in [0.3, 0.4) is 0 Å². The third-order valence-electron chi connectivity index (χ3n) is 2.72. The van der Waals surface area contributed by atoms with E-state index in [4.69, 9.17) is 4.42 Å². The molecule has 2 heterocycles. The molecule has 4 nitrogen and oxygen atoms in total. The van der Waals surface area contributed by atoms with E-state index in [-0.39, 0.29) is 10.9 Å². The molecule has 1 atom stereocenters. The summed E-state index contributed by atoms with van der Waals surface area (Å²) in [7, 11) is 0. The largest absolute Gasteiger partial charge is 0.466 e. The molecule has 0 aliphatic heterocycles. The van der Waals surface area contributed by atoms with Crippen molar-refractivity contribution in [3.8, 4) is 0 Å². The van der Waals surface area contributed by atoms with Gasteiger partial charge in [0.05, 0.1) is 0 Å². The van der Waals surface area contributed by atoms with Gasteiger partial charge in [-0.05, 0) is 26.8 Å². The molecule has 0 aliphatic carbocycles. The molecule has 0 spiro atoms. The number of hydrogen-bond acceptors (Lipinski definition) is 4. The summed E-state index contributed by atoms with van der Waals surface area (Å²) in [4.78, 5) is 13.8. The van der Waals surface area contributed by atoms with Crippen molar-refractivity contribution in [3.63, 3.8) is 0 Å². The highest BCUT2D eigenvalue weighted by atomic mass is 32.1. The summed E-state index contributed by atoms with van der Waals surface area (Å²) >= 11 is 1.19. The van der Waals surface area contributed by atoms with Gasteiger partial charge in [0.25, 0.3) is 0 Å². The molecule has 0 radical (unpaired) electrons. The van der Waals surface area contributed by atoms with Crippen LogP contribution in [-0.4, -0.2) is 4.98 Å². The van der Waals surface area contributed by atoms with Crippen molar-refractivity contribution >= 4 is 11.3 Å². The fourth-order valence-corrected chi connectivity index (χ4v) is 2.44. The van der Waals surface area contributed by atoms with Crippen LogP contribution in [0, 0.1) is 13.8 Å². The van der Waals surface area contributed by atoms with Crippen LogP contribution in [0.5, 0.6) is 0 Å². The van der Waals surface area contributed by atoms with Crippen LogP contribution < -0.4 is 10.2 Å². The molecule has 2 aromatic heterocycles. The number of rotatable bonds is 4. The van der Waals surface area contributed by atoms with Crippen LogP contribution in [0.15, 0.2) is 20.7 Å². The van der Waals surface area contributed by atoms with E-state index in [1.807, 2.05) is 25.3 Å². The minimum absolute atomic E-state index is 0.00945. The molecule has 2 aromatic rings. The fourth-order valence-electron chi connectivity index (χ4n) is 1.85. The maximum Gasteiger partial charge on any atom is 0.304 e. The van der Waals surface area contributed by atoms with Crippen molar-refractivity contribution in [1.29, 1.82) is 0 Å². The Labute approximate surface area is 104 Å². The van der Waals surface area contributed by atoms with Crippen LogP contribution in [0.25, 0.3) is 0 Å². The number of aromatic amines is 1. The molecule has 0 amide bonds. The van der Waals surface area contributed by atoms with Gasteiger partial charge >= 0.3 is 4.87 Å². The lowest BCUT2D eigenvalue weighted by molar-refractivity contribution is 0.489. The molecule has 5 heteroatoms. The average Bonchev–Trinajstić information content (AvgIpc) is 2.81. The van der Waals surface area contributed by atoms with Gasteiger partial charge in [0.2, 0.25) is 0 Å². The van der Waals surface area contributed by atoms with Gasteiger partial charge in [-0.15, -0.1) is 0 Å². The standard InChI is InChI=1S/C12H16N2O2S/c1-7-4-11(9(3)16-7)8(2)13-5-10-6-17-12(15)14-10/h4,6,8,13H,5H2,1-3H3,(H,14,15). The Kier molecular flexibility index (Phi) is 3.49. The Balaban J connectivity index is 2.00. The summed E-state index contributed by atoms with van der Waals surface area (Å²) in [6.07, 6.45) is 0. The first-order chi connectivity index (χ1) is 8.06. The highest BCUT2D eigenvalue weighted by Gasteiger charge is 2.12. The molecular weight excluding hydrogens is 236 g/mol. The summed E-state index contributed by atoms with van der Waals surface area (Å²) in [6.45, 7) is 6.65. The first-order valence-electron chi connectivity index (χ1n) is 5.53. The van der Waals surface area contributed by atoms with Crippen molar-refractivity contribution in [2.24, 2.45) is 0 Å². The molecule has 2 N–H and O–H groups in total. The first-order valence-corrected chi connectivity index (χ1v) is 6.41. The lowest BCUT2D eigenvalue weighted by Gasteiger charge is -2.11. The zero-order valence-corrected chi connectivity index (χ0v) is 11.0. The van der Waals surface area contributed by atoms with E-state index in [9.17, 15) is 4.79 Å². The highest BCUT2D eigenvalue weighted by Crippen LogP contribution is 2.21. The fraction of sp³-hybridized carbons (Fsp3) is 0.417. The molecule has 2 rings (SSSR count). The maximum absolute atomic E-state index is 11.0. The van der Waals surface area contributed by atoms with Gasteiger partial charge in [0, 0.05) is 29.2 Å². The maximum atomic E-state index is 11.0. The van der Waals surface area contributed by atoms with Gasteiger partial charge in [0.1, 0.15) is 11.5 Å². The van der Waals surface area contributed by atoms with Gasteiger partial charge in [0.15, 0.2) is 0 Å². The van der Waals surface area contributed by atoms with Gasteiger partial charge < -0.3 is 14.7 Å². The Morgan fingerprint density at radius 2 is 2.29 bits per heavy atom. The van der Waals surface area contributed by atoms with E-state index in [0.717, 1.165) is 17.2 Å². The summed E-state index contributed by atoms with van der Waals surface area (Å²) in [5.41, 5.74) is 2.09. The van der Waals surface area contributed by atoms with Crippen molar-refractivity contribution in [3.05, 3.63) is 43.9 Å². The lowest BCUT2D eigenvalue weighted by Crippen LogP contribution is -2.18. The number of hydrogen-bond donors (Lipinski definition) is 2. The monoisotopic (exact) mass is 252 g/mol. The molecule has 17 heavy (non-hydrogen) atoms. The lowest BCUT2D eigenvalue weighted by atomic mass is 10.1. The molecule has 0 aromatic carbocycles. The zero-order chi connectivity index (χ0) is 12.4. The molecule has 0 saturated heterocycles. The zero-order valence-electron chi connectivity index (χ0n) is 10.2. The van der Waals surface area contributed by atoms with Gasteiger partial charge in [-0.25, -0.2) is 0 Å². The number of aryl methyl sites for hydroxylation is 2. The minimum Gasteiger partial charge on any atom is -0.466 e. The third kappa shape index (κ3) is 2.87. The van der Waals surface area contributed by atoms with Gasteiger partial charge in [-0.2, -0.15) is 0 Å². The van der Waals surface area contributed by atoms with Crippen molar-refractivity contribution in [2.75, 3.05) is 0 Å². The second-order valence-electron chi connectivity index (χ2n) is 4.14. The van der Waals surface area contributed by atoms with E-state index in [1.165, 1.54) is 16.9 Å². The topological polar surface area (TPSA) is 58.0 Å².